The van der Waals surface area contributed by atoms with E-state index in [4.69, 9.17) is 14.6 Å². The van der Waals surface area contributed by atoms with Gasteiger partial charge in [-0.15, -0.1) is 6.58 Å². The zero-order valence-electron chi connectivity index (χ0n) is 6.95. The number of aliphatic hydroxyl groups is 1. The second-order valence-electron chi connectivity index (χ2n) is 2.21. The molecule has 0 aliphatic heterocycles. The van der Waals surface area contributed by atoms with Crippen LogP contribution in [0, 0.1) is 0 Å². The highest BCUT2D eigenvalue weighted by Gasteiger charge is 2.01. The Labute approximate surface area is 67.6 Å². The molecule has 1 atom stereocenters. The topological polar surface area (TPSA) is 38.7 Å². The van der Waals surface area contributed by atoms with E-state index in [1.807, 2.05) is 0 Å². The highest BCUT2D eigenvalue weighted by molar-refractivity contribution is 4.79. The van der Waals surface area contributed by atoms with E-state index in [2.05, 4.69) is 6.58 Å². The first-order valence-corrected chi connectivity index (χ1v) is 3.69. The fourth-order valence-corrected chi connectivity index (χ4v) is 0.717. The van der Waals surface area contributed by atoms with Gasteiger partial charge in [0, 0.05) is 13.7 Å². The minimum Gasteiger partial charge on any atom is -0.396 e. The molecule has 0 bridgehead atoms. The summed E-state index contributed by atoms with van der Waals surface area (Å²) in [6, 6.07) is 0. The van der Waals surface area contributed by atoms with Crippen molar-refractivity contribution >= 4 is 0 Å². The number of hydrogen-bond acceptors (Lipinski definition) is 3. The largest absolute Gasteiger partial charge is 0.396 e. The third-order valence-corrected chi connectivity index (χ3v) is 1.31. The van der Waals surface area contributed by atoms with Gasteiger partial charge in [0.1, 0.15) is 6.79 Å². The molecule has 0 aromatic carbocycles. The van der Waals surface area contributed by atoms with Gasteiger partial charge in [0.05, 0.1) is 6.10 Å². The maximum absolute atomic E-state index is 8.51. The molecule has 0 amide bonds. The smallest absolute Gasteiger partial charge is 0.147 e. The highest BCUT2D eigenvalue weighted by atomic mass is 16.7. The number of hydrogen-bond donors (Lipinski definition) is 1. The van der Waals surface area contributed by atoms with Gasteiger partial charge in [0.2, 0.25) is 0 Å². The van der Waals surface area contributed by atoms with Crippen molar-refractivity contribution in [2.24, 2.45) is 0 Å². The molecule has 11 heavy (non-hydrogen) atoms. The predicted molar refractivity (Wildman–Crippen MR) is 43.3 cm³/mol. The summed E-state index contributed by atoms with van der Waals surface area (Å²) in [5.41, 5.74) is 0. The summed E-state index contributed by atoms with van der Waals surface area (Å²) in [6.45, 7) is 4.08. The van der Waals surface area contributed by atoms with Crippen molar-refractivity contribution in [3.05, 3.63) is 12.7 Å². The van der Waals surface area contributed by atoms with Crippen molar-refractivity contribution in [3.8, 4) is 0 Å². The molecule has 0 heterocycles. The van der Waals surface area contributed by atoms with Gasteiger partial charge < -0.3 is 14.6 Å². The fraction of sp³-hybridized carbons (Fsp3) is 0.750. The summed E-state index contributed by atoms with van der Waals surface area (Å²) < 4.78 is 9.91. The van der Waals surface area contributed by atoms with E-state index in [0.29, 0.717) is 0 Å². The summed E-state index contributed by atoms with van der Waals surface area (Å²) >= 11 is 0. The third-order valence-electron chi connectivity index (χ3n) is 1.31. The Kier molecular flexibility index (Phi) is 7.46. The maximum Gasteiger partial charge on any atom is 0.147 e. The van der Waals surface area contributed by atoms with Crippen LogP contribution in [0.2, 0.25) is 0 Å². The van der Waals surface area contributed by atoms with E-state index in [1.54, 1.807) is 13.2 Å². The Morgan fingerprint density at radius 1 is 1.64 bits per heavy atom. The van der Waals surface area contributed by atoms with Crippen LogP contribution in [0.1, 0.15) is 12.8 Å². The first-order valence-electron chi connectivity index (χ1n) is 3.69. The van der Waals surface area contributed by atoms with Crippen LogP contribution in [-0.2, 0) is 9.47 Å². The predicted octanol–water partition coefficient (Wildman–Crippen LogP) is 0.934. The quantitative estimate of drug-likeness (QED) is 0.445. The molecule has 0 aromatic heterocycles. The highest BCUT2D eigenvalue weighted by Crippen LogP contribution is 2.02. The van der Waals surface area contributed by atoms with Gasteiger partial charge in [-0.25, -0.2) is 0 Å². The number of methoxy groups -OCH3 is 1. The number of rotatable bonds is 7. The van der Waals surface area contributed by atoms with Crippen molar-refractivity contribution in [1.82, 2.24) is 0 Å². The molecular formula is C8H16O3. The molecule has 0 spiro atoms. The first-order chi connectivity index (χ1) is 5.35. The van der Waals surface area contributed by atoms with Gasteiger partial charge in [-0.1, -0.05) is 6.08 Å². The lowest BCUT2D eigenvalue weighted by molar-refractivity contribution is -0.0585. The van der Waals surface area contributed by atoms with E-state index >= 15 is 0 Å². The van der Waals surface area contributed by atoms with Crippen LogP contribution in [0.5, 0.6) is 0 Å². The van der Waals surface area contributed by atoms with Gasteiger partial charge in [0.25, 0.3) is 0 Å². The standard InChI is InChI=1S/C8H16O3/c1-3-8(5-4-6-9)11-7-10-2/h3,8-9H,1,4-7H2,2H3. The zero-order valence-corrected chi connectivity index (χ0v) is 6.95. The molecule has 3 nitrogen and oxygen atoms in total. The van der Waals surface area contributed by atoms with E-state index < -0.39 is 0 Å². The van der Waals surface area contributed by atoms with E-state index in [1.165, 1.54) is 0 Å². The van der Waals surface area contributed by atoms with Crippen LogP contribution in [0.25, 0.3) is 0 Å². The first kappa shape index (κ1) is 10.6. The molecule has 0 aliphatic carbocycles. The molecule has 0 fully saturated rings. The summed E-state index contributed by atoms with van der Waals surface area (Å²) in [5.74, 6) is 0. The Hall–Kier alpha value is -0.380. The van der Waals surface area contributed by atoms with Crippen molar-refractivity contribution < 1.29 is 14.6 Å². The van der Waals surface area contributed by atoms with Gasteiger partial charge in [-0.2, -0.15) is 0 Å². The molecule has 1 N–H and O–H groups in total. The minimum atomic E-state index is 0.00194. The summed E-state index contributed by atoms with van der Waals surface area (Å²) in [4.78, 5) is 0. The van der Waals surface area contributed by atoms with Crippen molar-refractivity contribution in [2.75, 3.05) is 20.5 Å². The van der Waals surface area contributed by atoms with Crippen LogP contribution in [0.3, 0.4) is 0 Å². The fourth-order valence-electron chi connectivity index (χ4n) is 0.717. The normalized spacial score (nSPS) is 12.9. The molecule has 0 radical (unpaired) electrons. The van der Waals surface area contributed by atoms with Crippen molar-refractivity contribution in [1.29, 1.82) is 0 Å². The van der Waals surface area contributed by atoms with Crippen LogP contribution >= 0.6 is 0 Å². The lowest BCUT2D eigenvalue weighted by atomic mass is 10.2. The van der Waals surface area contributed by atoms with Crippen molar-refractivity contribution in [3.63, 3.8) is 0 Å². The Morgan fingerprint density at radius 2 is 2.36 bits per heavy atom. The lowest BCUT2D eigenvalue weighted by Crippen LogP contribution is -2.11. The lowest BCUT2D eigenvalue weighted by Gasteiger charge is -2.11. The second kappa shape index (κ2) is 7.72. The van der Waals surface area contributed by atoms with Crippen LogP contribution in [-0.4, -0.2) is 31.7 Å². The van der Waals surface area contributed by atoms with Crippen molar-refractivity contribution in [2.45, 2.75) is 18.9 Å². The molecule has 66 valence electrons. The van der Waals surface area contributed by atoms with Gasteiger partial charge in [-0.05, 0) is 12.8 Å². The second-order valence-corrected chi connectivity index (χ2v) is 2.21. The minimum absolute atomic E-state index is 0.00194. The van der Waals surface area contributed by atoms with Gasteiger partial charge in [-0.3, -0.25) is 0 Å². The van der Waals surface area contributed by atoms with Crippen LogP contribution in [0.4, 0.5) is 0 Å². The summed E-state index contributed by atoms with van der Waals surface area (Å²) in [5, 5.41) is 8.51. The van der Waals surface area contributed by atoms with Crippen LogP contribution < -0.4 is 0 Å². The summed E-state index contributed by atoms with van der Waals surface area (Å²) in [7, 11) is 1.58. The molecule has 1 unspecified atom stereocenters. The molecule has 0 aliphatic rings. The van der Waals surface area contributed by atoms with E-state index in [-0.39, 0.29) is 19.5 Å². The number of aliphatic hydroxyl groups excluding tert-OH is 1. The van der Waals surface area contributed by atoms with Crippen LogP contribution in [0.15, 0.2) is 12.7 Å². The van der Waals surface area contributed by atoms with E-state index in [9.17, 15) is 0 Å². The molecule has 3 heteroatoms. The maximum atomic E-state index is 8.51. The molecule has 0 saturated carbocycles. The average Bonchev–Trinajstić information content (AvgIpc) is 2.05. The SMILES string of the molecule is C=CC(CCCO)OCOC. The Balaban J connectivity index is 3.33. The molecule has 0 aromatic rings. The molecule has 0 rings (SSSR count). The molecular weight excluding hydrogens is 144 g/mol. The number of ether oxygens (including phenoxy) is 2. The molecule has 0 saturated heterocycles. The van der Waals surface area contributed by atoms with Gasteiger partial charge in [0.15, 0.2) is 0 Å². The van der Waals surface area contributed by atoms with Gasteiger partial charge >= 0.3 is 0 Å². The summed E-state index contributed by atoms with van der Waals surface area (Å²) in [6.07, 6.45) is 3.25. The van der Waals surface area contributed by atoms with E-state index in [0.717, 1.165) is 12.8 Å². The third kappa shape index (κ3) is 6.04. The zero-order chi connectivity index (χ0) is 8.53. The Bertz CT molecular complexity index is 85.3. The monoisotopic (exact) mass is 160 g/mol. The average molecular weight is 160 g/mol. The Morgan fingerprint density at radius 3 is 2.82 bits per heavy atom.